The average molecular weight is 429 g/mol. The largest absolute Gasteiger partial charge is 0.460 e. The van der Waals surface area contributed by atoms with Gasteiger partial charge >= 0.3 is 11.9 Å². The van der Waals surface area contributed by atoms with Crippen LogP contribution in [0.1, 0.15) is 44.6 Å². The van der Waals surface area contributed by atoms with Gasteiger partial charge in [0.25, 0.3) is 0 Å². The van der Waals surface area contributed by atoms with Gasteiger partial charge in [0.2, 0.25) is 0 Å². The van der Waals surface area contributed by atoms with Crippen molar-refractivity contribution in [1.82, 2.24) is 0 Å². The molecule has 1 heterocycles. The standard InChI is InChI=1S/C25H29FO5/c1-17-5-3-2-4-6-19-15-21(16-22(19)23(27)12-14-24(28)30-17)31-25(29)13-9-18-7-10-20(26)11-8-18/h4,6-14,17,19,21-23,27H,2-3,5,15-16H2,1H3/b6-4+,13-9+,14-12+/t17-,19+,21-,22+,23+/m0/s1. The number of fused-ring (bicyclic) bond motifs is 1. The smallest absolute Gasteiger partial charge is 0.331 e. The van der Waals surface area contributed by atoms with Crippen molar-refractivity contribution in [1.29, 1.82) is 0 Å². The molecule has 3 rings (SSSR count). The fourth-order valence-electron chi connectivity index (χ4n) is 4.12. The Balaban J connectivity index is 1.63. The van der Waals surface area contributed by atoms with Crippen molar-refractivity contribution >= 4 is 18.0 Å². The van der Waals surface area contributed by atoms with Crippen LogP contribution in [0.5, 0.6) is 0 Å². The van der Waals surface area contributed by atoms with E-state index >= 15 is 0 Å². The zero-order chi connectivity index (χ0) is 22.2. The quantitative estimate of drug-likeness (QED) is 0.440. The third kappa shape index (κ3) is 7.17. The normalized spacial score (nSPS) is 31.6. The number of carbonyl (C=O) groups excluding carboxylic acids is 2. The second kappa shape index (κ2) is 11.0. The minimum absolute atomic E-state index is 0.0488. The first-order valence-electron chi connectivity index (χ1n) is 10.8. The average Bonchev–Trinajstić information content (AvgIpc) is 3.13. The van der Waals surface area contributed by atoms with Crippen molar-refractivity contribution in [3.05, 3.63) is 66.0 Å². The maximum Gasteiger partial charge on any atom is 0.331 e. The highest BCUT2D eigenvalue weighted by Crippen LogP contribution is 2.38. The Hall–Kier alpha value is -2.73. The van der Waals surface area contributed by atoms with Crippen LogP contribution in [-0.2, 0) is 19.1 Å². The van der Waals surface area contributed by atoms with Crippen LogP contribution in [0.3, 0.4) is 0 Å². The summed E-state index contributed by atoms with van der Waals surface area (Å²) in [6.45, 7) is 1.86. The predicted octanol–water partition coefficient (Wildman–Crippen LogP) is 4.37. The molecule has 6 heteroatoms. The van der Waals surface area contributed by atoms with Gasteiger partial charge in [-0.2, -0.15) is 0 Å². The van der Waals surface area contributed by atoms with Crippen molar-refractivity contribution < 1.29 is 28.6 Å². The molecule has 166 valence electrons. The number of esters is 2. The molecule has 31 heavy (non-hydrogen) atoms. The molecule has 0 unspecified atom stereocenters. The van der Waals surface area contributed by atoms with Crippen molar-refractivity contribution in [2.24, 2.45) is 11.8 Å². The summed E-state index contributed by atoms with van der Waals surface area (Å²) in [4.78, 5) is 24.2. The fourth-order valence-corrected chi connectivity index (χ4v) is 4.12. The van der Waals surface area contributed by atoms with E-state index in [0.717, 1.165) is 19.3 Å². The molecule has 0 amide bonds. The number of hydrogen-bond acceptors (Lipinski definition) is 5. The molecule has 1 aromatic carbocycles. The van der Waals surface area contributed by atoms with Gasteiger partial charge in [-0.3, -0.25) is 0 Å². The molecule has 0 aromatic heterocycles. The number of carbonyl (C=O) groups is 2. The van der Waals surface area contributed by atoms with Crippen LogP contribution < -0.4 is 0 Å². The lowest BCUT2D eigenvalue weighted by molar-refractivity contribution is -0.143. The molecule has 1 saturated carbocycles. The van der Waals surface area contributed by atoms with E-state index < -0.39 is 18.0 Å². The van der Waals surface area contributed by atoms with Gasteiger partial charge in [-0.25, -0.2) is 14.0 Å². The van der Waals surface area contributed by atoms with Crippen molar-refractivity contribution in [2.45, 2.75) is 57.3 Å². The van der Waals surface area contributed by atoms with E-state index in [9.17, 15) is 19.1 Å². The Morgan fingerprint density at radius 3 is 2.77 bits per heavy atom. The molecule has 0 saturated heterocycles. The number of cyclic esters (lactones) is 1. The minimum atomic E-state index is -0.836. The number of aliphatic hydroxyl groups excluding tert-OH is 1. The topological polar surface area (TPSA) is 72.8 Å². The summed E-state index contributed by atoms with van der Waals surface area (Å²) >= 11 is 0. The highest BCUT2D eigenvalue weighted by Gasteiger charge is 2.38. The Kier molecular flexibility index (Phi) is 8.18. The number of halogens is 1. The Morgan fingerprint density at radius 2 is 2.00 bits per heavy atom. The fraction of sp³-hybridized carbons (Fsp3) is 0.440. The first kappa shape index (κ1) is 22.9. The van der Waals surface area contributed by atoms with Crippen LogP contribution in [-0.4, -0.2) is 35.4 Å². The van der Waals surface area contributed by atoms with Crippen molar-refractivity contribution in [2.75, 3.05) is 0 Å². The number of ether oxygens (including phenoxy) is 2. The molecular formula is C25H29FO5. The molecule has 1 aliphatic carbocycles. The number of hydrogen-bond donors (Lipinski definition) is 1. The lowest BCUT2D eigenvalue weighted by atomic mass is 9.90. The van der Waals surface area contributed by atoms with Gasteiger partial charge in [0.15, 0.2) is 0 Å². The van der Waals surface area contributed by atoms with Crippen LogP contribution in [0.15, 0.2) is 54.6 Å². The monoisotopic (exact) mass is 428 g/mol. The molecule has 1 aromatic rings. The Labute approximate surface area is 182 Å². The third-order valence-corrected chi connectivity index (χ3v) is 5.73. The lowest BCUT2D eigenvalue weighted by Crippen LogP contribution is -2.22. The SMILES string of the molecule is C[C@H]1CCC/C=C/[C@@H]2C[C@H](OC(=O)/C=C/c3ccc(F)cc3)C[C@H]2[C@H](O)/C=C/C(=O)O1. The third-order valence-electron chi connectivity index (χ3n) is 5.73. The molecular weight excluding hydrogens is 399 g/mol. The zero-order valence-corrected chi connectivity index (χ0v) is 17.7. The molecule has 1 aliphatic heterocycles. The summed E-state index contributed by atoms with van der Waals surface area (Å²) in [5.74, 6) is -1.38. The van der Waals surface area contributed by atoms with Crippen LogP contribution in [0.2, 0.25) is 0 Å². The van der Waals surface area contributed by atoms with E-state index in [-0.39, 0.29) is 29.9 Å². The van der Waals surface area contributed by atoms with E-state index in [2.05, 4.69) is 12.2 Å². The molecule has 5 atom stereocenters. The minimum Gasteiger partial charge on any atom is -0.460 e. The van der Waals surface area contributed by atoms with Gasteiger partial charge < -0.3 is 14.6 Å². The second-order valence-electron chi connectivity index (χ2n) is 8.20. The van der Waals surface area contributed by atoms with Crippen LogP contribution in [0.4, 0.5) is 4.39 Å². The number of rotatable bonds is 3. The molecule has 5 nitrogen and oxygen atoms in total. The number of allylic oxidation sites excluding steroid dienone is 2. The summed E-state index contributed by atoms with van der Waals surface area (Å²) < 4.78 is 23.9. The molecule has 1 N–H and O–H groups in total. The Bertz CT molecular complexity index is 842. The van der Waals surface area contributed by atoms with E-state index in [1.165, 1.54) is 30.4 Å². The number of aliphatic hydroxyl groups is 1. The summed E-state index contributed by atoms with van der Waals surface area (Å²) in [5.41, 5.74) is 0.701. The summed E-state index contributed by atoms with van der Waals surface area (Å²) in [6, 6.07) is 5.81. The predicted molar refractivity (Wildman–Crippen MR) is 115 cm³/mol. The number of benzene rings is 1. The van der Waals surface area contributed by atoms with Crippen molar-refractivity contribution in [3.63, 3.8) is 0 Å². The summed E-state index contributed by atoms with van der Waals surface area (Å²) in [5, 5.41) is 10.6. The first-order valence-corrected chi connectivity index (χ1v) is 10.8. The van der Waals surface area contributed by atoms with Gasteiger partial charge in [-0.1, -0.05) is 24.3 Å². The van der Waals surface area contributed by atoms with Gasteiger partial charge in [0.1, 0.15) is 11.9 Å². The van der Waals surface area contributed by atoms with E-state index in [1.54, 1.807) is 18.2 Å². The van der Waals surface area contributed by atoms with Gasteiger partial charge in [-0.15, -0.1) is 0 Å². The van der Waals surface area contributed by atoms with Crippen LogP contribution in [0.25, 0.3) is 6.08 Å². The first-order chi connectivity index (χ1) is 14.9. The molecule has 2 aliphatic rings. The Morgan fingerprint density at radius 1 is 1.23 bits per heavy atom. The maximum absolute atomic E-state index is 13.0. The summed E-state index contributed by atoms with van der Waals surface area (Å²) in [6.07, 6.45) is 12.2. The van der Waals surface area contributed by atoms with E-state index in [4.69, 9.17) is 9.47 Å². The molecule has 0 spiro atoms. The van der Waals surface area contributed by atoms with Crippen LogP contribution >= 0.6 is 0 Å². The van der Waals surface area contributed by atoms with E-state index in [1.807, 2.05) is 6.92 Å². The lowest BCUT2D eigenvalue weighted by Gasteiger charge is -2.19. The van der Waals surface area contributed by atoms with Gasteiger partial charge in [0.05, 0.1) is 12.2 Å². The molecule has 0 bridgehead atoms. The summed E-state index contributed by atoms with van der Waals surface area (Å²) in [7, 11) is 0. The maximum atomic E-state index is 13.0. The molecule has 0 radical (unpaired) electrons. The highest BCUT2D eigenvalue weighted by molar-refractivity contribution is 5.87. The van der Waals surface area contributed by atoms with Crippen LogP contribution in [0, 0.1) is 17.7 Å². The highest BCUT2D eigenvalue weighted by atomic mass is 19.1. The van der Waals surface area contributed by atoms with Gasteiger partial charge in [0, 0.05) is 12.2 Å². The second-order valence-corrected chi connectivity index (χ2v) is 8.20. The van der Waals surface area contributed by atoms with Gasteiger partial charge in [-0.05, 0) is 80.7 Å². The molecule has 1 fully saturated rings. The van der Waals surface area contributed by atoms with E-state index in [0.29, 0.717) is 18.4 Å². The van der Waals surface area contributed by atoms with Crippen molar-refractivity contribution in [3.8, 4) is 0 Å². The zero-order valence-electron chi connectivity index (χ0n) is 17.7.